The molecule has 3 rings (SSSR count). The van der Waals surface area contributed by atoms with Crippen LogP contribution < -0.4 is 4.74 Å². The molecule has 0 amide bonds. The van der Waals surface area contributed by atoms with Gasteiger partial charge in [0.1, 0.15) is 5.75 Å². The first-order valence-electron chi connectivity index (χ1n) is 7.42. The minimum atomic E-state index is -0.353. The molecule has 0 fully saturated rings. The number of hydrogen-bond acceptors (Lipinski definition) is 7. The molecule has 24 heavy (non-hydrogen) atoms. The Morgan fingerprint density at radius 1 is 1.25 bits per heavy atom. The van der Waals surface area contributed by atoms with E-state index in [2.05, 4.69) is 10.1 Å². The molecular formula is C17H16N2O4S. The highest BCUT2D eigenvalue weighted by Gasteiger charge is 2.11. The quantitative estimate of drug-likeness (QED) is 0.631. The Morgan fingerprint density at radius 2 is 2.04 bits per heavy atom. The molecule has 0 saturated heterocycles. The summed E-state index contributed by atoms with van der Waals surface area (Å²) >= 11 is 1.54. The van der Waals surface area contributed by atoms with Crippen LogP contribution in [0.1, 0.15) is 30.1 Å². The Balaban J connectivity index is 1.58. The van der Waals surface area contributed by atoms with Crippen molar-refractivity contribution < 1.29 is 18.8 Å². The molecule has 0 aliphatic heterocycles. The maximum Gasteiger partial charge on any atom is 0.338 e. The average molecular weight is 344 g/mol. The van der Waals surface area contributed by atoms with Crippen LogP contribution >= 0.6 is 11.3 Å². The van der Waals surface area contributed by atoms with Gasteiger partial charge in [-0.25, -0.2) is 4.79 Å². The number of nitrogens with zero attached hydrogens (tertiary/aromatic N) is 2. The number of carbonyl (C=O) groups is 1. The van der Waals surface area contributed by atoms with Gasteiger partial charge in [0.2, 0.25) is 5.82 Å². The largest absolute Gasteiger partial charge is 0.484 e. The molecule has 0 N–H and O–H groups in total. The Hall–Kier alpha value is -2.67. The normalized spacial score (nSPS) is 10.8. The van der Waals surface area contributed by atoms with E-state index in [1.807, 2.05) is 31.4 Å². The molecule has 0 saturated carbocycles. The van der Waals surface area contributed by atoms with Crippen LogP contribution in [0.3, 0.4) is 0 Å². The SMILES string of the molecule is CC(C)OC(=O)c1ccc(OCc2nc(-c3cccs3)no2)cc1. The maximum absolute atomic E-state index is 11.8. The molecule has 0 aliphatic rings. The van der Waals surface area contributed by atoms with Gasteiger partial charge >= 0.3 is 5.97 Å². The van der Waals surface area contributed by atoms with Crippen molar-refractivity contribution in [3.05, 3.63) is 53.2 Å². The van der Waals surface area contributed by atoms with E-state index in [1.165, 1.54) is 0 Å². The Kier molecular flexibility index (Phi) is 4.90. The Bertz CT molecular complexity index is 794. The number of carbonyl (C=O) groups excluding carboxylic acids is 1. The van der Waals surface area contributed by atoms with E-state index in [4.69, 9.17) is 14.0 Å². The predicted octanol–water partition coefficient (Wildman–Crippen LogP) is 3.94. The summed E-state index contributed by atoms with van der Waals surface area (Å²) in [5, 5.41) is 5.87. The van der Waals surface area contributed by atoms with Crippen LogP contribution in [-0.2, 0) is 11.3 Å². The van der Waals surface area contributed by atoms with Crippen LogP contribution in [0, 0.1) is 0 Å². The van der Waals surface area contributed by atoms with Crippen LogP contribution in [0.2, 0.25) is 0 Å². The number of thiophene rings is 1. The van der Waals surface area contributed by atoms with Crippen LogP contribution in [0.15, 0.2) is 46.3 Å². The minimum Gasteiger partial charge on any atom is -0.484 e. The van der Waals surface area contributed by atoms with Crippen molar-refractivity contribution in [2.75, 3.05) is 0 Å². The zero-order chi connectivity index (χ0) is 16.9. The second-order valence-corrected chi connectivity index (χ2v) is 6.20. The van der Waals surface area contributed by atoms with Crippen LogP contribution in [0.25, 0.3) is 10.7 Å². The summed E-state index contributed by atoms with van der Waals surface area (Å²) in [6.45, 7) is 3.78. The minimum absolute atomic E-state index is 0.150. The molecule has 0 atom stereocenters. The van der Waals surface area contributed by atoms with Gasteiger partial charge in [0.25, 0.3) is 5.89 Å². The van der Waals surface area contributed by atoms with Gasteiger partial charge in [0, 0.05) is 0 Å². The fourth-order valence-electron chi connectivity index (χ4n) is 1.93. The lowest BCUT2D eigenvalue weighted by Gasteiger charge is -2.08. The Labute approximate surface area is 143 Å². The number of esters is 1. The molecule has 0 radical (unpaired) electrons. The third-order valence-corrected chi connectivity index (χ3v) is 3.87. The number of rotatable bonds is 6. The van der Waals surface area contributed by atoms with Gasteiger partial charge < -0.3 is 14.0 Å². The van der Waals surface area contributed by atoms with E-state index in [-0.39, 0.29) is 18.7 Å². The zero-order valence-electron chi connectivity index (χ0n) is 13.3. The van der Waals surface area contributed by atoms with Gasteiger partial charge in [-0.05, 0) is 49.6 Å². The molecule has 3 aromatic rings. The first-order valence-corrected chi connectivity index (χ1v) is 8.30. The highest BCUT2D eigenvalue weighted by Crippen LogP contribution is 2.22. The summed E-state index contributed by atoms with van der Waals surface area (Å²) in [6.07, 6.45) is -0.150. The lowest BCUT2D eigenvalue weighted by Crippen LogP contribution is -2.11. The first kappa shape index (κ1) is 16.2. The second-order valence-electron chi connectivity index (χ2n) is 5.26. The van der Waals surface area contributed by atoms with Crippen molar-refractivity contribution in [1.82, 2.24) is 10.1 Å². The number of benzene rings is 1. The van der Waals surface area contributed by atoms with E-state index in [0.717, 1.165) is 4.88 Å². The topological polar surface area (TPSA) is 74.5 Å². The van der Waals surface area contributed by atoms with Crippen LogP contribution in [0.5, 0.6) is 5.75 Å². The van der Waals surface area contributed by atoms with Crippen molar-refractivity contribution in [2.45, 2.75) is 26.6 Å². The standard InChI is InChI=1S/C17H16N2O4S/c1-11(2)22-17(20)12-5-7-13(8-6-12)21-10-15-18-16(19-23-15)14-4-3-9-24-14/h3-9,11H,10H2,1-2H3. The number of hydrogen-bond donors (Lipinski definition) is 0. The summed E-state index contributed by atoms with van der Waals surface area (Å²) in [5.74, 6) is 1.19. The molecule has 124 valence electrons. The predicted molar refractivity (Wildman–Crippen MR) is 88.9 cm³/mol. The lowest BCUT2D eigenvalue weighted by atomic mass is 10.2. The third-order valence-electron chi connectivity index (χ3n) is 3.00. The zero-order valence-corrected chi connectivity index (χ0v) is 14.1. The monoisotopic (exact) mass is 344 g/mol. The van der Waals surface area contributed by atoms with Crippen molar-refractivity contribution in [3.8, 4) is 16.5 Å². The van der Waals surface area contributed by atoms with Crippen molar-refractivity contribution >= 4 is 17.3 Å². The highest BCUT2D eigenvalue weighted by molar-refractivity contribution is 7.13. The summed E-state index contributed by atoms with van der Waals surface area (Å²) < 4.78 is 15.9. The van der Waals surface area contributed by atoms with Gasteiger partial charge in [0.15, 0.2) is 6.61 Å². The van der Waals surface area contributed by atoms with Crippen molar-refractivity contribution in [1.29, 1.82) is 0 Å². The van der Waals surface area contributed by atoms with E-state index in [9.17, 15) is 4.79 Å². The summed E-state index contributed by atoms with van der Waals surface area (Å²) in [5.41, 5.74) is 0.480. The average Bonchev–Trinajstić information content (AvgIpc) is 3.24. The summed E-state index contributed by atoms with van der Waals surface area (Å²) in [6, 6.07) is 10.6. The van der Waals surface area contributed by atoms with Gasteiger partial charge in [-0.3, -0.25) is 0 Å². The molecule has 0 aliphatic carbocycles. The van der Waals surface area contributed by atoms with E-state index in [0.29, 0.717) is 23.0 Å². The smallest absolute Gasteiger partial charge is 0.338 e. The summed E-state index contributed by atoms with van der Waals surface area (Å²) in [7, 11) is 0. The Morgan fingerprint density at radius 3 is 2.71 bits per heavy atom. The highest BCUT2D eigenvalue weighted by atomic mass is 32.1. The molecule has 6 nitrogen and oxygen atoms in total. The summed E-state index contributed by atoms with van der Waals surface area (Å²) in [4.78, 5) is 17.0. The number of ether oxygens (including phenoxy) is 2. The number of aromatic nitrogens is 2. The maximum atomic E-state index is 11.8. The van der Waals surface area contributed by atoms with Gasteiger partial charge in [0.05, 0.1) is 16.5 Å². The fraction of sp³-hybridized carbons (Fsp3) is 0.235. The van der Waals surface area contributed by atoms with E-state index >= 15 is 0 Å². The van der Waals surface area contributed by atoms with Crippen molar-refractivity contribution in [3.63, 3.8) is 0 Å². The van der Waals surface area contributed by atoms with E-state index in [1.54, 1.807) is 35.6 Å². The van der Waals surface area contributed by atoms with Gasteiger partial charge in [-0.2, -0.15) is 4.98 Å². The molecular weight excluding hydrogens is 328 g/mol. The van der Waals surface area contributed by atoms with Crippen molar-refractivity contribution in [2.24, 2.45) is 0 Å². The van der Waals surface area contributed by atoms with Crippen LogP contribution in [-0.4, -0.2) is 22.2 Å². The molecule has 1 aromatic carbocycles. The van der Waals surface area contributed by atoms with Crippen LogP contribution in [0.4, 0.5) is 0 Å². The first-order chi connectivity index (χ1) is 11.6. The third kappa shape index (κ3) is 3.99. The van der Waals surface area contributed by atoms with Gasteiger partial charge in [-0.15, -0.1) is 11.3 Å². The second kappa shape index (κ2) is 7.27. The molecule has 0 spiro atoms. The molecule has 7 heteroatoms. The molecule has 0 bridgehead atoms. The van der Waals surface area contributed by atoms with Gasteiger partial charge in [-0.1, -0.05) is 11.2 Å². The molecule has 2 heterocycles. The lowest BCUT2D eigenvalue weighted by molar-refractivity contribution is 0.0378. The van der Waals surface area contributed by atoms with E-state index < -0.39 is 0 Å². The molecule has 2 aromatic heterocycles. The fourth-order valence-corrected chi connectivity index (χ4v) is 2.58. The molecule has 0 unspecified atom stereocenters.